The number of aromatic nitrogens is 1. The van der Waals surface area contributed by atoms with Crippen LogP contribution in [-0.4, -0.2) is 24.1 Å². The lowest BCUT2D eigenvalue weighted by molar-refractivity contribution is -0.122. The average Bonchev–Trinajstić information content (AvgIpc) is 3.15. The van der Waals surface area contributed by atoms with Gasteiger partial charge in [0.15, 0.2) is 11.2 Å². The normalized spacial score (nSPS) is 11.7. The van der Waals surface area contributed by atoms with E-state index in [0.717, 1.165) is 22.6 Å². The highest BCUT2D eigenvalue weighted by Crippen LogP contribution is 2.23. The van der Waals surface area contributed by atoms with Crippen molar-refractivity contribution in [3.63, 3.8) is 0 Å². The standard InChI is InChI=1S/C21H21ClN2O3S/c1-3-19(27-17-10-8-16(26-2)9-11-17)20(25)24-21-23-13-18(28-21)12-14-4-6-15(22)7-5-14/h4-11,13,19H,3,12H2,1-2H3,(H,23,24,25). The molecule has 0 aliphatic heterocycles. The van der Waals surface area contributed by atoms with Crippen LogP contribution in [0.2, 0.25) is 5.02 Å². The number of rotatable bonds is 8. The van der Waals surface area contributed by atoms with Crippen LogP contribution in [0.3, 0.4) is 0 Å². The smallest absolute Gasteiger partial charge is 0.267 e. The second kappa shape index (κ2) is 9.57. The number of anilines is 1. The van der Waals surface area contributed by atoms with Gasteiger partial charge in [0.2, 0.25) is 0 Å². The summed E-state index contributed by atoms with van der Waals surface area (Å²) < 4.78 is 10.9. The zero-order valence-electron chi connectivity index (χ0n) is 15.6. The number of halogens is 1. The van der Waals surface area contributed by atoms with E-state index in [2.05, 4.69) is 10.3 Å². The van der Waals surface area contributed by atoms with Crippen molar-refractivity contribution in [1.29, 1.82) is 0 Å². The Balaban J connectivity index is 1.59. The van der Waals surface area contributed by atoms with Gasteiger partial charge in [-0.15, -0.1) is 11.3 Å². The van der Waals surface area contributed by atoms with E-state index in [1.54, 1.807) is 37.6 Å². The van der Waals surface area contributed by atoms with E-state index in [9.17, 15) is 4.79 Å². The fourth-order valence-electron chi connectivity index (χ4n) is 2.58. The van der Waals surface area contributed by atoms with Crippen molar-refractivity contribution in [1.82, 2.24) is 4.98 Å². The molecule has 7 heteroatoms. The molecular formula is C21H21ClN2O3S. The lowest BCUT2D eigenvalue weighted by atomic mass is 10.1. The number of ether oxygens (including phenoxy) is 2. The molecule has 0 bridgehead atoms. The number of nitrogens with zero attached hydrogens (tertiary/aromatic N) is 1. The van der Waals surface area contributed by atoms with E-state index in [0.29, 0.717) is 22.3 Å². The van der Waals surface area contributed by atoms with Crippen LogP contribution < -0.4 is 14.8 Å². The van der Waals surface area contributed by atoms with Gasteiger partial charge in [-0.1, -0.05) is 30.7 Å². The van der Waals surface area contributed by atoms with E-state index >= 15 is 0 Å². The molecule has 1 N–H and O–H groups in total. The Morgan fingerprint density at radius 1 is 1.14 bits per heavy atom. The Labute approximate surface area is 173 Å². The van der Waals surface area contributed by atoms with Gasteiger partial charge in [-0.3, -0.25) is 10.1 Å². The van der Waals surface area contributed by atoms with Crippen molar-refractivity contribution in [3.05, 3.63) is 70.2 Å². The largest absolute Gasteiger partial charge is 0.497 e. The molecule has 28 heavy (non-hydrogen) atoms. The first-order valence-electron chi connectivity index (χ1n) is 8.88. The number of amides is 1. The van der Waals surface area contributed by atoms with Gasteiger partial charge in [0, 0.05) is 22.5 Å². The molecule has 0 spiro atoms. The molecule has 1 unspecified atom stereocenters. The number of methoxy groups -OCH3 is 1. The van der Waals surface area contributed by atoms with E-state index < -0.39 is 6.10 Å². The lowest BCUT2D eigenvalue weighted by Gasteiger charge is -2.16. The van der Waals surface area contributed by atoms with Crippen molar-refractivity contribution in [2.24, 2.45) is 0 Å². The number of hydrogen-bond acceptors (Lipinski definition) is 5. The maximum absolute atomic E-state index is 12.6. The average molecular weight is 417 g/mol. The number of benzene rings is 2. The highest BCUT2D eigenvalue weighted by atomic mass is 35.5. The summed E-state index contributed by atoms with van der Waals surface area (Å²) in [6.07, 6.45) is 2.46. The van der Waals surface area contributed by atoms with Crippen LogP contribution in [0, 0.1) is 0 Å². The van der Waals surface area contributed by atoms with Gasteiger partial charge in [-0.05, 0) is 48.4 Å². The Bertz CT molecular complexity index is 910. The van der Waals surface area contributed by atoms with Crippen LogP contribution in [0.5, 0.6) is 11.5 Å². The molecule has 3 aromatic rings. The van der Waals surface area contributed by atoms with Crippen LogP contribution in [0.15, 0.2) is 54.7 Å². The van der Waals surface area contributed by atoms with Gasteiger partial charge in [-0.25, -0.2) is 4.98 Å². The maximum Gasteiger partial charge on any atom is 0.267 e. The molecule has 0 saturated carbocycles. The Kier molecular flexibility index (Phi) is 6.90. The summed E-state index contributed by atoms with van der Waals surface area (Å²) in [5.41, 5.74) is 1.14. The SMILES string of the molecule is CCC(Oc1ccc(OC)cc1)C(=O)Nc1ncc(Cc2ccc(Cl)cc2)s1. The molecule has 0 aliphatic carbocycles. The zero-order valence-corrected chi connectivity index (χ0v) is 17.2. The van der Waals surface area contributed by atoms with Crippen LogP contribution in [0.25, 0.3) is 0 Å². The molecule has 1 aromatic heterocycles. The molecule has 1 atom stereocenters. The minimum Gasteiger partial charge on any atom is -0.497 e. The van der Waals surface area contributed by atoms with E-state index in [4.69, 9.17) is 21.1 Å². The number of hydrogen-bond donors (Lipinski definition) is 1. The Morgan fingerprint density at radius 2 is 1.82 bits per heavy atom. The molecule has 2 aromatic carbocycles. The number of carbonyl (C=O) groups excluding carboxylic acids is 1. The fraction of sp³-hybridized carbons (Fsp3) is 0.238. The second-order valence-corrected chi connectivity index (χ2v) is 7.67. The summed E-state index contributed by atoms with van der Waals surface area (Å²) in [5, 5.41) is 4.12. The number of nitrogens with one attached hydrogen (secondary N) is 1. The number of thiazole rings is 1. The third-order valence-corrected chi connectivity index (χ3v) is 5.24. The summed E-state index contributed by atoms with van der Waals surface area (Å²) >= 11 is 7.37. The predicted octanol–water partition coefficient (Wildman–Crippen LogP) is 5.19. The van der Waals surface area contributed by atoms with Crippen LogP contribution in [-0.2, 0) is 11.2 Å². The Hall–Kier alpha value is -2.57. The molecule has 3 rings (SSSR count). The molecule has 1 heterocycles. The first-order valence-corrected chi connectivity index (χ1v) is 10.1. The fourth-order valence-corrected chi connectivity index (χ4v) is 3.55. The highest BCUT2D eigenvalue weighted by Gasteiger charge is 2.20. The minimum absolute atomic E-state index is 0.217. The quantitative estimate of drug-likeness (QED) is 0.548. The summed E-state index contributed by atoms with van der Waals surface area (Å²) in [4.78, 5) is 17.9. The summed E-state index contributed by atoms with van der Waals surface area (Å²) in [6, 6.07) is 14.8. The minimum atomic E-state index is -0.600. The monoisotopic (exact) mass is 416 g/mol. The van der Waals surface area contributed by atoms with Crippen molar-refractivity contribution in [2.75, 3.05) is 12.4 Å². The van der Waals surface area contributed by atoms with Crippen LogP contribution in [0.1, 0.15) is 23.8 Å². The zero-order chi connectivity index (χ0) is 19.9. The van der Waals surface area contributed by atoms with E-state index in [1.165, 1.54) is 11.3 Å². The molecule has 0 fully saturated rings. The second-order valence-electron chi connectivity index (χ2n) is 6.11. The van der Waals surface area contributed by atoms with Gasteiger partial charge in [0.25, 0.3) is 5.91 Å². The molecule has 0 aliphatic rings. The molecule has 0 saturated heterocycles. The van der Waals surface area contributed by atoms with Crippen LogP contribution in [0.4, 0.5) is 5.13 Å². The third-order valence-electron chi connectivity index (χ3n) is 4.08. The topological polar surface area (TPSA) is 60.5 Å². The number of carbonyl (C=O) groups is 1. The van der Waals surface area contributed by atoms with Crippen molar-refractivity contribution >= 4 is 34.0 Å². The van der Waals surface area contributed by atoms with Crippen LogP contribution >= 0.6 is 22.9 Å². The molecule has 146 valence electrons. The maximum atomic E-state index is 12.6. The van der Waals surface area contributed by atoms with Crippen molar-refractivity contribution in [2.45, 2.75) is 25.9 Å². The molecule has 0 radical (unpaired) electrons. The van der Waals surface area contributed by atoms with Gasteiger partial charge in [0.1, 0.15) is 11.5 Å². The van der Waals surface area contributed by atoms with E-state index in [-0.39, 0.29) is 5.91 Å². The predicted molar refractivity (Wildman–Crippen MR) is 113 cm³/mol. The highest BCUT2D eigenvalue weighted by molar-refractivity contribution is 7.15. The van der Waals surface area contributed by atoms with Gasteiger partial charge in [-0.2, -0.15) is 0 Å². The summed E-state index contributed by atoms with van der Waals surface area (Å²) in [6.45, 7) is 1.90. The first kappa shape index (κ1) is 20.2. The van der Waals surface area contributed by atoms with Gasteiger partial charge in [0.05, 0.1) is 7.11 Å². The lowest BCUT2D eigenvalue weighted by Crippen LogP contribution is -2.32. The van der Waals surface area contributed by atoms with E-state index in [1.807, 2.05) is 31.2 Å². The molecule has 5 nitrogen and oxygen atoms in total. The van der Waals surface area contributed by atoms with Gasteiger partial charge >= 0.3 is 0 Å². The first-order chi connectivity index (χ1) is 13.6. The van der Waals surface area contributed by atoms with Crippen molar-refractivity contribution < 1.29 is 14.3 Å². The summed E-state index contributed by atoms with van der Waals surface area (Å²) in [5.74, 6) is 1.14. The third kappa shape index (κ3) is 5.47. The molecular weight excluding hydrogens is 396 g/mol. The summed E-state index contributed by atoms with van der Waals surface area (Å²) in [7, 11) is 1.60. The Morgan fingerprint density at radius 3 is 2.46 bits per heavy atom. The molecule has 1 amide bonds. The van der Waals surface area contributed by atoms with Crippen molar-refractivity contribution in [3.8, 4) is 11.5 Å². The van der Waals surface area contributed by atoms with Gasteiger partial charge < -0.3 is 9.47 Å².